The van der Waals surface area contributed by atoms with E-state index in [1.165, 1.54) is 18.2 Å². The van der Waals surface area contributed by atoms with Crippen LogP contribution in [0, 0.1) is 10.1 Å². The van der Waals surface area contributed by atoms with Gasteiger partial charge in [-0.3, -0.25) is 10.1 Å². The van der Waals surface area contributed by atoms with Crippen molar-refractivity contribution in [3.05, 3.63) is 64.2 Å². The summed E-state index contributed by atoms with van der Waals surface area (Å²) in [6.45, 7) is 4.08. The molecular weight excluding hydrogens is 332 g/mol. The van der Waals surface area contributed by atoms with E-state index in [0.717, 1.165) is 11.6 Å². The minimum absolute atomic E-state index is 0.354. The maximum atomic E-state index is 12.5. The van der Waals surface area contributed by atoms with E-state index < -0.39 is 26.7 Å². The molecule has 0 aromatic heterocycles. The largest absolute Gasteiger partial charge is 0.494 e. The van der Waals surface area contributed by atoms with Crippen molar-refractivity contribution in [1.29, 1.82) is 0 Å². The van der Waals surface area contributed by atoms with Crippen LogP contribution in [0.4, 0.5) is 5.69 Å². The molecule has 0 aliphatic rings. The van der Waals surface area contributed by atoms with E-state index in [1.807, 2.05) is 6.92 Å². The van der Waals surface area contributed by atoms with Gasteiger partial charge in [0.25, 0.3) is 5.69 Å². The number of hydrogen-bond donors (Lipinski definition) is 1. The Morgan fingerprint density at radius 2 is 1.79 bits per heavy atom. The Morgan fingerprint density at radius 1 is 1.17 bits per heavy atom. The van der Waals surface area contributed by atoms with Crippen molar-refractivity contribution in [3.63, 3.8) is 0 Å². The standard InChI is InChI=1S/C16H18N2O5S/c1-3-23-14-10-8-13(9-11-14)12(2)17-24(21,22)16-7-5-4-6-15(16)18(19)20/h4-12,17H,3H2,1-2H3/t12-/m1/s1. The number of benzene rings is 2. The lowest BCUT2D eigenvalue weighted by atomic mass is 10.1. The smallest absolute Gasteiger partial charge is 0.289 e. The number of ether oxygens (including phenoxy) is 1. The fraction of sp³-hybridized carbons (Fsp3) is 0.250. The first-order chi connectivity index (χ1) is 11.3. The van der Waals surface area contributed by atoms with Crippen LogP contribution in [-0.2, 0) is 10.0 Å². The summed E-state index contributed by atoms with van der Waals surface area (Å²) >= 11 is 0. The van der Waals surface area contributed by atoms with Gasteiger partial charge in [-0.25, -0.2) is 13.1 Å². The molecule has 128 valence electrons. The minimum Gasteiger partial charge on any atom is -0.494 e. The summed E-state index contributed by atoms with van der Waals surface area (Å²) in [5, 5.41) is 11.0. The molecule has 0 heterocycles. The topological polar surface area (TPSA) is 98.5 Å². The molecule has 1 N–H and O–H groups in total. The van der Waals surface area contributed by atoms with Crippen LogP contribution in [0.2, 0.25) is 0 Å². The molecule has 2 rings (SSSR count). The van der Waals surface area contributed by atoms with Gasteiger partial charge < -0.3 is 4.74 Å². The van der Waals surface area contributed by atoms with Gasteiger partial charge in [0.1, 0.15) is 5.75 Å². The molecular formula is C16H18N2O5S. The highest BCUT2D eigenvalue weighted by Crippen LogP contribution is 2.25. The molecule has 0 unspecified atom stereocenters. The molecule has 8 heteroatoms. The second-order valence-electron chi connectivity index (χ2n) is 5.07. The Morgan fingerprint density at radius 3 is 2.38 bits per heavy atom. The highest BCUT2D eigenvalue weighted by Gasteiger charge is 2.26. The van der Waals surface area contributed by atoms with Crippen molar-refractivity contribution in [2.24, 2.45) is 0 Å². The van der Waals surface area contributed by atoms with Crippen molar-refractivity contribution in [1.82, 2.24) is 4.72 Å². The molecule has 2 aromatic carbocycles. The number of nitrogens with one attached hydrogen (secondary N) is 1. The molecule has 2 aromatic rings. The number of hydrogen-bond acceptors (Lipinski definition) is 5. The number of sulfonamides is 1. The summed E-state index contributed by atoms with van der Waals surface area (Å²) < 4.78 is 32.7. The monoisotopic (exact) mass is 350 g/mol. The maximum Gasteiger partial charge on any atom is 0.289 e. The second kappa shape index (κ2) is 7.41. The third-order valence-electron chi connectivity index (χ3n) is 3.37. The average molecular weight is 350 g/mol. The van der Waals surface area contributed by atoms with Gasteiger partial charge in [-0.2, -0.15) is 0 Å². The van der Waals surface area contributed by atoms with E-state index in [0.29, 0.717) is 12.4 Å². The molecule has 24 heavy (non-hydrogen) atoms. The van der Waals surface area contributed by atoms with Gasteiger partial charge in [0.05, 0.1) is 11.5 Å². The maximum absolute atomic E-state index is 12.5. The number of nitro groups is 1. The SMILES string of the molecule is CCOc1ccc([C@@H](C)NS(=O)(=O)c2ccccc2[N+](=O)[O-])cc1. The predicted octanol–water partition coefficient (Wildman–Crippen LogP) is 3.03. The number of para-hydroxylation sites is 1. The van der Waals surface area contributed by atoms with Crippen molar-refractivity contribution in [2.45, 2.75) is 24.8 Å². The fourth-order valence-electron chi connectivity index (χ4n) is 2.22. The van der Waals surface area contributed by atoms with Crippen LogP contribution < -0.4 is 9.46 Å². The van der Waals surface area contributed by atoms with Crippen LogP contribution in [0.3, 0.4) is 0 Å². The van der Waals surface area contributed by atoms with Crippen LogP contribution in [0.1, 0.15) is 25.5 Å². The van der Waals surface area contributed by atoms with Crippen molar-refractivity contribution < 1.29 is 18.1 Å². The molecule has 7 nitrogen and oxygen atoms in total. The molecule has 0 aliphatic heterocycles. The van der Waals surface area contributed by atoms with E-state index in [4.69, 9.17) is 4.74 Å². The number of nitro benzene ring substituents is 1. The summed E-state index contributed by atoms with van der Waals surface area (Å²) in [6.07, 6.45) is 0. The third-order valence-corrected chi connectivity index (χ3v) is 4.96. The van der Waals surface area contributed by atoms with Crippen molar-refractivity contribution >= 4 is 15.7 Å². The zero-order valence-electron chi connectivity index (χ0n) is 13.3. The Labute approximate surface area is 140 Å². The lowest BCUT2D eigenvalue weighted by molar-refractivity contribution is -0.387. The number of rotatable bonds is 7. The number of nitrogens with zero attached hydrogens (tertiary/aromatic N) is 1. The lowest BCUT2D eigenvalue weighted by Crippen LogP contribution is -2.27. The Balaban J connectivity index is 2.24. The molecule has 1 atom stereocenters. The quantitative estimate of drug-likeness (QED) is 0.611. The minimum atomic E-state index is -4.03. The van der Waals surface area contributed by atoms with Gasteiger partial charge in [-0.1, -0.05) is 24.3 Å². The van der Waals surface area contributed by atoms with E-state index >= 15 is 0 Å². The van der Waals surface area contributed by atoms with Crippen LogP contribution in [0.25, 0.3) is 0 Å². The molecule has 0 radical (unpaired) electrons. The van der Waals surface area contributed by atoms with Crippen LogP contribution in [-0.4, -0.2) is 19.9 Å². The normalized spacial score (nSPS) is 12.6. The van der Waals surface area contributed by atoms with Crippen LogP contribution in [0.5, 0.6) is 5.75 Å². The van der Waals surface area contributed by atoms with Gasteiger partial charge in [-0.15, -0.1) is 0 Å². The van der Waals surface area contributed by atoms with Crippen LogP contribution >= 0.6 is 0 Å². The molecule has 0 saturated carbocycles. The van der Waals surface area contributed by atoms with Gasteiger partial charge >= 0.3 is 0 Å². The van der Waals surface area contributed by atoms with Gasteiger partial charge in [0.15, 0.2) is 4.90 Å². The summed E-state index contributed by atoms with van der Waals surface area (Å²) in [4.78, 5) is 9.96. The molecule has 0 amide bonds. The Hall–Kier alpha value is -2.45. The third kappa shape index (κ3) is 4.09. The Bertz CT molecular complexity index is 819. The zero-order chi connectivity index (χ0) is 17.7. The fourth-order valence-corrected chi connectivity index (χ4v) is 3.62. The van der Waals surface area contributed by atoms with E-state index in [-0.39, 0.29) is 4.90 Å². The van der Waals surface area contributed by atoms with Gasteiger partial charge in [0, 0.05) is 12.1 Å². The molecule has 0 spiro atoms. The Kier molecular flexibility index (Phi) is 5.53. The zero-order valence-corrected chi connectivity index (χ0v) is 14.1. The van der Waals surface area contributed by atoms with E-state index in [2.05, 4.69) is 4.72 Å². The molecule has 0 saturated heterocycles. The summed E-state index contributed by atoms with van der Waals surface area (Å²) in [6, 6.07) is 11.7. The highest BCUT2D eigenvalue weighted by atomic mass is 32.2. The average Bonchev–Trinajstić information content (AvgIpc) is 2.55. The lowest BCUT2D eigenvalue weighted by Gasteiger charge is -2.15. The van der Waals surface area contributed by atoms with Gasteiger partial charge in [0.2, 0.25) is 10.0 Å². The first kappa shape index (κ1) is 17.9. The molecule has 0 bridgehead atoms. The van der Waals surface area contributed by atoms with E-state index in [1.54, 1.807) is 31.2 Å². The van der Waals surface area contributed by atoms with E-state index in [9.17, 15) is 18.5 Å². The summed E-state index contributed by atoms with van der Waals surface area (Å²) in [7, 11) is -4.03. The highest BCUT2D eigenvalue weighted by molar-refractivity contribution is 7.89. The summed E-state index contributed by atoms with van der Waals surface area (Å²) in [5.74, 6) is 0.690. The summed E-state index contributed by atoms with van der Waals surface area (Å²) in [5.41, 5.74) is 0.268. The molecule has 0 aliphatic carbocycles. The second-order valence-corrected chi connectivity index (χ2v) is 6.75. The first-order valence-electron chi connectivity index (χ1n) is 7.33. The first-order valence-corrected chi connectivity index (χ1v) is 8.82. The van der Waals surface area contributed by atoms with Crippen molar-refractivity contribution in [3.8, 4) is 5.75 Å². The van der Waals surface area contributed by atoms with Crippen molar-refractivity contribution in [2.75, 3.05) is 6.61 Å². The van der Waals surface area contributed by atoms with Crippen LogP contribution in [0.15, 0.2) is 53.4 Å². The molecule has 0 fully saturated rings. The predicted molar refractivity (Wildman–Crippen MR) is 89.4 cm³/mol. The van der Waals surface area contributed by atoms with Gasteiger partial charge in [-0.05, 0) is 37.6 Å².